The number of hydrogen-bond acceptors (Lipinski definition) is 3. The highest BCUT2D eigenvalue weighted by atomic mass is 79.9. The van der Waals surface area contributed by atoms with E-state index < -0.39 is 0 Å². The number of nitrogens with zero attached hydrogens (tertiary/aromatic N) is 1. The maximum absolute atomic E-state index is 9.35. The lowest BCUT2D eigenvalue weighted by atomic mass is 10.2. The molecule has 0 aliphatic carbocycles. The van der Waals surface area contributed by atoms with Gasteiger partial charge in [0.2, 0.25) is 0 Å². The van der Waals surface area contributed by atoms with Gasteiger partial charge in [-0.1, -0.05) is 16.8 Å². The zero-order chi connectivity index (χ0) is 9.14. The Bertz CT molecular complexity index is 327. The number of phenols is 1. The van der Waals surface area contributed by atoms with Gasteiger partial charge >= 0.3 is 0 Å². The summed E-state index contributed by atoms with van der Waals surface area (Å²) in [6, 6.07) is 3.03. The average molecular weight is 250 g/mol. The summed E-state index contributed by atoms with van der Waals surface area (Å²) in [5, 5.41) is 20.8. The van der Waals surface area contributed by atoms with Gasteiger partial charge in [0.25, 0.3) is 0 Å². The minimum atomic E-state index is -0.00259. The molecule has 3 nitrogen and oxygen atoms in total. The Morgan fingerprint density at radius 3 is 2.75 bits per heavy atom. The number of rotatable bonds is 1. The van der Waals surface area contributed by atoms with Gasteiger partial charge in [-0.3, -0.25) is 0 Å². The van der Waals surface area contributed by atoms with Crippen molar-refractivity contribution in [2.45, 2.75) is 0 Å². The molecular weight excluding hydrogens is 245 g/mol. The average Bonchev–Trinajstić information content (AvgIpc) is 2.00. The SMILES string of the molecule is O/N=C/c1cc(Cl)cc(Br)c1O. The van der Waals surface area contributed by atoms with Crippen molar-refractivity contribution in [2.75, 3.05) is 0 Å². The fraction of sp³-hybridized carbons (Fsp3) is 0. The third kappa shape index (κ3) is 1.89. The Morgan fingerprint density at radius 2 is 2.17 bits per heavy atom. The standard InChI is InChI=1S/C7H5BrClNO2/c8-6-2-5(9)1-4(3-10-12)7(6)11/h1-3,11-12H/b10-3+. The van der Waals surface area contributed by atoms with Crippen molar-refractivity contribution < 1.29 is 10.3 Å². The maximum atomic E-state index is 9.35. The summed E-state index contributed by atoms with van der Waals surface area (Å²) in [6.07, 6.45) is 1.10. The first-order chi connectivity index (χ1) is 5.65. The monoisotopic (exact) mass is 249 g/mol. The Labute approximate surface area is 82.4 Å². The lowest BCUT2D eigenvalue weighted by Gasteiger charge is -2.01. The summed E-state index contributed by atoms with van der Waals surface area (Å²) in [5.41, 5.74) is 0.358. The molecule has 0 amide bonds. The molecule has 12 heavy (non-hydrogen) atoms. The van der Waals surface area contributed by atoms with Gasteiger partial charge in [-0.2, -0.15) is 0 Å². The van der Waals surface area contributed by atoms with Crippen molar-refractivity contribution in [1.29, 1.82) is 0 Å². The van der Waals surface area contributed by atoms with Crippen LogP contribution >= 0.6 is 27.5 Å². The van der Waals surface area contributed by atoms with Crippen molar-refractivity contribution in [3.63, 3.8) is 0 Å². The smallest absolute Gasteiger partial charge is 0.138 e. The van der Waals surface area contributed by atoms with Crippen LogP contribution in [-0.4, -0.2) is 16.5 Å². The number of phenolic OH excluding ortho intramolecular Hbond substituents is 1. The molecule has 0 fully saturated rings. The van der Waals surface area contributed by atoms with Gasteiger partial charge in [-0.15, -0.1) is 0 Å². The molecule has 1 aromatic carbocycles. The molecule has 1 aromatic rings. The van der Waals surface area contributed by atoms with Crippen LogP contribution in [0.5, 0.6) is 5.75 Å². The van der Waals surface area contributed by atoms with E-state index in [9.17, 15) is 5.11 Å². The van der Waals surface area contributed by atoms with E-state index in [4.69, 9.17) is 16.8 Å². The van der Waals surface area contributed by atoms with Gasteiger partial charge in [0.05, 0.1) is 10.7 Å². The molecule has 0 aliphatic heterocycles. The van der Waals surface area contributed by atoms with Crippen LogP contribution in [0.3, 0.4) is 0 Å². The summed E-state index contributed by atoms with van der Waals surface area (Å²) in [4.78, 5) is 0. The van der Waals surface area contributed by atoms with Crippen LogP contribution < -0.4 is 0 Å². The molecule has 0 radical (unpaired) electrons. The number of hydrogen-bond donors (Lipinski definition) is 2. The number of aromatic hydroxyl groups is 1. The van der Waals surface area contributed by atoms with Gasteiger partial charge in [0.1, 0.15) is 5.75 Å². The molecule has 0 atom stereocenters. The normalized spacial score (nSPS) is 10.8. The van der Waals surface area contributed by atoms with Crippen molar-refractivity contribution in [1.82, 2.24) is 0 Å². The minimum absolute atomic E-state index is 0.00259. The van der Waals surface area contributed by atoms with Crippen LogP contribution in [-0.2, 0) is 0 Å². The summed E-state index contributed by atoms with van der Waals surface area (Å²) in [6.45, 7) is 0. The second-order valence-electron chi connectivity index (χ2n) is 2.07. The third-order valence-electron chi connectivity index (χ3n) is 1.25. The van der Waals surface area contributed by atoms with E-state index in [1.807, 2.05) is 0 Å². The molecule has 64 valence electrons. The highest BCUT2D eigenvalue weighted by Crippen LogP contribution is 2.30. The fourth-order valence-corrected chi connectivity index (χ4v) is 1.58. The van der Waals surface area contributed by atoms with Crippen LogP contribution in [0, 0.1) is 0 Å². The van der Waals surface area contributed by atoms with Crippen molar-refractivity contribution in [3.8, 4) is 5.75 Å². The molecular formula is C7H5BrClNO2. The lowest BCUT2D eigenvalue weighted by Crippen LogP contribution is -1.83. The molecule has 0 unspecified atom stereocenters. The van der Waals surface area contributed by atoms with E-state index in [1.165, 1.54) is 6.07 Å². The van der Waals surface area contributed by atoms with Gasteiger partial charge in [0.15, 0.2) is 0 Å². The molecule has 0 saturated heterocycles. The first-order valence-corrected chi connectivity index (χ1v) is 4.17. The summed E-state index contributed by atoms with van der Waals surface area (Å²) >= 11 is 8.76. The Morgan fingerprint density at radius 1 is 1.50 bits per heavy atom. The van der Waals surface area contributed by atoms with Crippen LogP contribution in [0.25, 0.3) is 0 Å². The molecule has 0 aromatic heterocycles. The third-order valence-corrected chi connectivity index (χ3v) is 2.08. The summed E-state index contributed by atoms with van der Waals surface area (Å²) < 4.78 is 0.463. The largest absolute Gasteiger partial charge is 0.506 e. The van der Waals surface area contributed by atoms with E-state index >= 15 is 0 Å². The minimum Gasteiger partial charge on any atom is -0.506 e. The molecule has 0 heterocycles. The topological polar surface area (TPSA) is 52.8 Å². The number of benzene rings is 1. The first-order valence-electron chi connectivity index (χ1n) is 3.00. The molecule has 0 aliphatic rings. The van der Waals surface area contributed by atoms with E-state index in [2.05, 4.69) is 21.1 Å². The number of halogens is 2. The lowest BCUT2D eigenvalue weighted by molar-refractivity contribution is 0.321. The number of oxime groups is 1. The molecule has 0 spiro atoms. The van der Waals surface area contributed by atoms with E-state index in [-0.39, 0.29) is 5.75 Å². The quantitative estimate of drug-likeness (QED) is 0.457. The van der Waals surface area contributed by atoms with Gasteiger partial charge in [0, 0.05) is 10.6 Å². The predicted molar refractivity (Wildman–Crippen MR) is 50.2 cm³/mol. The molecule has 0 bridgehead atoms. The first kappa shape index (κ1) is 9.35. The molecule has 1 rings (SSSR count). The molecule has 2 N–H and O–H groups in total. The van der Waals surface area contributed by atoms with Crippen molar-refractivity contribution >= 4 is 33.7 Å². The van der Waals surface area contributed by atoms with Gasteiger partial charge < -0.3 is 10.3 Å². The van der Waals surface area contributed by atoms with E-state index in [0.717, 1.165) is 6.21 Å². The van der Waals surface area contributed by atoms with Crippen LogP contribution in [0.1, 0.15) is 5.56 Å². The Hall–Kier alpha value is -0.740. The van der Waals surface area contributed by atoms with Crippen molar-refractivity contribution in [2.24, 2.45) is 5.16 Å². The van der Waals surface area contributed by atoms with E-state index in [1.54, 1.807) is 6.07 Å². The zero-order valence-corrected chi connectivity index (χ0v) is 8.17. The molecule has 5 heteroatoms. The highest BCUT2D eigenvalue weighted by Gasteiger charge is 2.04. The Balaban J connectivity index is 3.27. The van der Waals surface area contributed by atoms with Crippen LogP contribution in [0.2, 0.25) is 5.02 Å². The van der Waals surface area contributed by atoms with Crippen LogP contribution in [0.15, 0.2) is 21.8 Å². The highest BCUT2D eigenvalue weighted by molar-refractivity contribution is 9.10. The van der Waals surface area contributed by atoms with E-state index in [0.29, 0.717) is 15.1 Å². The predicted octanol–water partition coefficient (Wildman–Crippen LogP) is 2.62. The Kier molecular flexibility index (Phi) is 2.94. The van der Waals surface area contributed by atoms with Crippen LogP contribution in [0.4, 0.5) is 0 Å². The molecule has 0 saturated carbocycles. The summed E-state index contributed by atoms with van der Waals surface area (Å²) in [5.74, 6) is -0.00259. The summed E-state index contributed by atoms with van der Waals surface area (Å²) in [7, 11) is 0. The second-order valence-corrected chi connectivity index (χ2v) is 3.36. The van der Waals surface area contributed by atoms with Gasteiger partial charge in [-0.05, 0) is 28.1 Å². The second kappa shape index (κ2) is 3.78. The fourth-order valence-electron chi connectivity index (χ4n) is 0.746. The maximum Gasteiger partial charge on any atom is 0.138 e. The zero-order valence-electron chi connectivity index (χ0n) is 5.83. The van der Waals surface area contributed by atoms with Crippen molar-refractivity contribution in [3.05, 3.63) is 27.2 Å². The van der Waals surface area contributed by atoms with Gasteiger partial charge in [-0.25, -0.2) is 0 Å².